The summed E-state index contributed by atoms with van der Waals surface area (Å²) in [4.78, 5) is 19.8. The molecule has 0 bridgehead atoms. The topological polar surface area (TPSA) is 153 Å². The van der Waals surface area contributed by atoms with Gasteiger partial charge in [-0.05, 0) is 18.4 Å². The number of rotatable bonds is 6. The van der Waals surface area contributed by atoms with Crippen LogP contribution in [0.4, 0.5) is 0 Å². The molecule has 0 aliphatic carbocycles. The fourth-order valence-corrected chi connectivity index (χ4v) is 0.959. The van der Waals surface area contributed by atoms with Gasteiger partial charge in [-0.25, -0.2) is 0 Å². The van der Waals surface area contributed by atoms with Crippen molar-refractivity contribution in [2.24, 2.45) is 17.2 Å². The predicted molar refractivity (Wildman–Crippen MR) is 63.3 cm³/mol. The Bertz CT molecular complexity index is 215. The maximum atomic E-state index is 10.1. The second-order valence-corrected chi connectivity index (χ2v) is 3.89. The number of nitrogens with two attached hydrogens (primary N) is 3. The first-order valence-corrected chi connectivity index (χ1v) is 5.91. The fraction of sp³-hybridized carbons (Fsp3) is 0.750. The number of thioether (sulfide) groups is 1. The molecule has 0 radical (unpaired) electrons. The van der Waals surface area contributed by atoms with Gasteiger partial charge in [-0.3, -0.25) is 9.59 Å². The van der Waals surface area contributed by atoms with E-state index >= 15 is 0 Å². The molecular weight excluding hydrogens is 234 g/mol. The summed E-state index contributed by atoms with van der Waals surface area (Å²) in [6.07, 6.45) is 2.48. The summed E-state index contributed by atoms with van der Waals surface area (Å²) in [7, 11) is 0. The molecule has 0 fully saturated rings. The number of hydrogen-bond donors (Lipinski definition) is 5. The second kappa shape index (κ2) is 10.7. The van der Waals surface area contributed by atoms with Crippen molar-refractivity contribution in [2.75, 3.05) is 18.6 Å². The van der Waals surface area contributed by atoms with Gasteiger partial charge in [0.15, 0.2) is 0 Å². The molecule has 96 valence electrons. The summed E-state index contributed by atoms with van der Waals surface area (Å²) >= 11 is 1.60. The first-order chi connectivity index (χ1) is 7.36. The van der Waals surface area contributed by atoms with E-state index in [1.54, 1.807) is 11.8 Å². The minimum Gasteiger partial charge on any atom is -0.480 e. The van der Waals surface area contributed by atoms with Crippen LogP contribution in [0.25, 0.3) is 0 Å². The van der Waals surface area contributed by atoms with Gasteiger partial charge < -0.3 is 27.4 Å². The summed E-state index contributed by atoms with van der Waals surface area (Å²) in [6.45, 7) is -0.00463. The molecule has 0 aliphatic heterocycles. The molecule has 0 aliphatic rings. The number of aliphatic carboxylic acids is 2. The molecular formula is C8H19N3O4S. The van der Waals surface area contributed by atoms with E-state index < -0.39 is 24.0 Å². The van der Waals surface area contributed by atoms with Crippen molar-refractivity contribution in [1.29, 1.82) is 0 Å². The minimum atomic E-state index is -1.05. The number of carboxylic acids is 2. The zero-order valence-corrected chi connectivity index (χ0v) is 9.94. The molecule has 0 aromatic carbocycles. The van der Waals surface area contributed by atoms with Crippen molar-refractivity contribution in [1.82, 2.24) is 0 Å². The van der Waals surface area contributed by atoms with Gasteiger partial charge in [0.05, 0.1) is 0 Å². The van der Waals surface area contributed by atoms with Crippen LogP contribution in [0.15, 0.2) is 0 Å². The quantitative estimate of drug-likeness (QED) is 0.383. The molecule has 0 aromatic rings. The summed E-state index contributed by atoms with van der Waals surface area (Å²) in [6, 6.07) is -1.59. The van der Waals surface area contributed by atoms with Crippen LogP contribution in [0.1, 0.15) is 6.42 Å². The fourth-order valence-electron chi connectivity index (χ4n) is 0.469. The van der Waals surface area contributed by atoms with Gasteiger partial charge in [0.1, 0.15) is 12.1 Å². The Hall–Kier alpha value is -0.830. The highest BCUT2D eigenvalue weighted by molar-refractivity contribution is 7.98. The predicted octanol–water partition coefficient (Wildman–Crippen LogP) is -1.49. The van der Waals surface area contributed by atoms with Gasteiger partial charge in [-0.1, -0.05) is 0 Å². The Balaban J connectivity index is 0. The summed E-state index contributed by atoms with van der Waals surface area (Å²) in [5.74, 6) is -1.15. The molecule has 0 heterocycles. The molecule has 8 N–H and O–H groups in total. The van der Waals surface area contributed by atoms with E-state index in [0.717, 1.165) is 5.75 Å². The maximum Gasteiger partial charge on any atom is 0.321 e. The highest BCUT2D eigenvalue weighted by Gasteiger charge is 2.09. The Morgan fingerprint density at radius 2 is 1.62 bits per heavy atom. The molecule has 0 rings (SSSR count). The number of carboxylic acid groups (broad SMARTS) is 2. The average molecular weight is 253 g/mol. The number of carbonyl (C=O) groups is 2. The molecule has 0 amide bonds. The molecule has 8 heteroatoms. The molecule has 16 heavy (non-hydrogen) atoms. The van der Waals surface area contributed by atoms with Gasteiger partial charge in [0, 0.05) is 6.54 Å². The molecule has 1 unspecified atom stereocenters. The van der Waals surface area contributed by atoms with E-state index in [0.29, 0.717) is 6.42 Å². The lowest BCUT2D eigenvalue weighted by molar-refractivity contribution is -0.139. The Labute approximate surface area is 98.4 Å². The smallest absolute Gasteiger partial charge is 0.321 e. The molecule has 0 saturated heterocycles. The minimum absolute atomic E-state index is 0.00463. The Morgan fingerprint density at radius 3 is 1.81 bits per heavy atom. The third-order valence-corrected chi connectivity index (χ3v) is 2.17. The second-order valence-electron chi connectivity index (χ2n) is 2.91. The van der Waals surface area contributed by atoms with Crippen LogP contribution >= 0.6 is 11.8 Å². The van der Waals surface area contributed by atoms with Crippen LogP contribution < -0.4 is 17.2 Å². The first-order valence-electron chi connectivity index (χ1n) is 4.52. The van der Waals surface area contributed by atoms with Crippen LogP contribution in [-0.2, 0) is 9.59 Å². The monoisotopic (exact) mass is 253 g/mol. The Kier molecular flexibility index (Phi) is 11.7. The highest BCUT2D eigenvalue weighted by Crippen LogP contribution is 1.97. The maximum absolute atomic E-state index is 10.1. The first kappa shape index (κ1) is 17.6. The van der Waals surface area contributed by atoms with Crippen molar-refractivity contribution in [3.63, 3.8) is 0 Å². The SMILES string of the molecule is CSCC[C@H](N)C(=O)O.NCC(N)C(=O)O. The van der Waals surface area contributed by atoms with E-state index in [1.165, 1.54) is 0 Å². The molecule has 2 atom stereocenters. The van der Waals surface area contributed by atoms with Crippen molar-refractivity contribution >= 4 is 23.7 Å². The van der Waals surface area contributed by atoms with E-state index in [9.17, 15) is 9.59 Å². The molecule has 0 aromatic heterocycles. The highest BCUT2D eigenvalue weighted by atomic mass is 32.2. The van der Waals surface area contributed by atoms with Crippen LogP contribution in [0, 0.1) is 0 Å². The zero-order chi connectivity index (χ0) is 13.1. The van der Waals surface area contributed by atoms with Crippen LogP contribution in [0.5, 0.6) is 0 Å². The largest absolute Gasteiger partial charge is 0.480 e. The van der Waals surface area contributed by atoms with E-state index in [1.807, 2.05) is 6.26 Å². The van der Waals surface area contributed by atoms with E-state index in [4.69, 9.17) is 27.4 Å². The third-order valence-electron chi connectivity index (χ3n) is 1.52. The number of hydrogen-bond acceptors (Lipinski definition) is 6. The van der Waals surface area contributed by atoms with Gasteiger partial charge in [0.2, 0.25) is 0 Å². The van der Waals surface area contributed by atoms with Crippen LogP contribution in [0.2, 0.25) is 0 Å². The summed E-state index contributed by atoms with van der Waals surface area (Å²) in [5, 5.41) is 16.3. The zero-order valence-electron chi connectivity index (χ0n) is 9.13. The van der Waals surface area contributed by atoms with Gasteiger partial charge >= 0.3 is 11.9 Å². The lowest BCUT2D eigenvalue weighted by atomic mass is 10.2. The molecule has 0 saturated carbocycles. The van der Waals surface area contributed by atoms with Crippen molar-refractivity contribution in [2.45, 2.75) is 18.5 Å². The van der Waals surface area contributed by atoms with E-state index in [2.05, 4.69) is 0 Å². The summed E-state index contributed by atoms with van der Waals surface area (Å²) in [5.41, 5.74) is 14.9. The standard InChI is InChI=1S/C5H11NO2S.C3H8N2O2/c1-9-3-2-4(6)5(7)8;4-1-2(5)3(6)7/h4H,2-3,6H2,1H3,(H,7,8);2H,1,4-5H2,(H,6,7)/t4-;/m0./s1. The molecule has 7 nitrogen and oxygen atoms in total. The molecule has 0 spiro atoms. The van der Waals surface area contributed by atoms with Crippen molar-refractivity contribution in [3.8, 4) is 0 Å². The third kappa shape index (κ3) is 11.2. The van der Waals surface area contributed by atoms with E-state index in [-0.39, 0.29) is 6.54 Å². The van der Waals surface area contributed by atoms with Crippen molar-refractivity contribution < 1.29 is 19.8 Å². The van der Waals surface area contributed by atoms with Gasteiger partial charge in [0.25, 0.3) is 0 Å². The van der Waals surface area contributed by atoms with Gasteiger partial charge in [-0.2, -0.15) is 11.8 Å². The lowest BCUT2D eigenvalue weighted by Crippen LogP contribution is -2.37. The Morgan fingerprint density at radius 1 is 1.19 bits per heavy atom. The average Bonchev–Trinajstić information content (AvgIpc) is 2.25. The lowest BCUT2D eigenvalue weighted by Gasteiger charge is -2.02. The van der Waals surface area contributed by atoms with Crippen LogP contribution in [-0.4, -0.2) is 52.8 Å². The summed E-state index contributed by atoms with van der Waals surface area (Å²) < 4.78 is 0. The van der Waals surface area contributed by atoms with Gasteiger partial charge in [-0.15, -0.1) is 0 Å². The van der Waals surface area contributed by atoms with Crippen molar-refractivity contribution in [3.05, 3.63) is 0 Å². The van der Waals surface area contributed by atoms with Crippen LogP contribution in [0.3, 0.4) is 0 Å². The normalized spacial score (nSPS) is 13.2.